The third-order valence-corrected chi connectivity index (χ3v) is 19.2. The van der Waals surface area contributed by atoms with Gasteiger partial charge in [-0.3, -0.25) is 0 Å². The van der Waals surface area contributed by atoms with E-state index in [-0.39, 0.29) is 0 Å². The molecule has 0 saturated carbocycles. The zero-order valence-corrected chi connectivity index (χ0v) is 40.9. The molecule has 12 aromatic rings. The third kappa shape index (κ3) is 6.73. The summed E-state index contributed by atoms with van der Waals surface area (Å²) in [6, 6.07) is 73.8. The van der Waals surface area contributed by atoms with Crippen molar-refractivity contribution in [2.45, 2.75) is 39.2 Å². The molecule has 2 aromatic heterocycles. The molecule has 15 rings (SSSR count). The second-order valence-corrected chi connectivity index (χ2v) is 22.7. The van der Waals surface area contributed by atoms with Crippen molar-refractivity contribution < 1.29 is 13.9 Å². The Kier molecular flexibility index (Phi) is 9.41. The molecular formula is C60H34N2O3S5. The molecule has 3 aliphatic rings. The minimum atomic E-state index is 0.646. The number of para-hydroxylation sites is 3. The third-order valence-electron chi connectivity index (χ3n) is 13.0. The lowest BCUT2D eigenvalue weighted by Crippen LogP contribution is -2.14. The van der Waals surface area contributed by atoms with Gasteiger partial charge in [-0.25, -0.2) is 0 Å². The van der Waals surface area contributed by atoms with Crippen LogP contribution in [0.5, 0.6) is 23.0 Å². The number of ether oxygens (including phenoxy) is 2. The van der Waals surface area contributed by atoms with Crippen molar-refractivity contribution in [3.8, 4) is 23.0 Å². The minimum Gasteiger partial charge on any atom is -0.456 e. The number of hydrogen-bond acceptors (Lipinski definition) is 10. The Hall–Kier alpha value is -7.18. The maximum Gasteiger partial charge on any atom is 0.172 e. The maximum absolute atomic E-state index is 6.62. The number of anilines is 6. The van der Waals surface area contributed by atoms with Gasteiger partial charge in [0.05, 0.1) is 11.4 Å². The topological polar surface area (TPSA) is 38.1 Å². The molecule has 5 heterocycles. The first kappa shape index (κ1) is 40.7. The normalized spacial score (nSPS) is 13.1. The molecule has 0 amide bonds. The van der Waals surface area contributed by atoms with Gasteiger partial charge in [-0.15, -0.1) is 11.3 Å². The van der Waals surface area contributed by atoms with Gasteiger partial charge < -0.3 is 23.7 Å². The van der Waals surface area contributed by atoms with Crippen molar-refractivity contribution in [3.63, 3.8) is 0 Å². The summed E-state index contributed by atoms with van der Waals surface area (Å²) in [5.41, 5.74) is 7.77. The molecule has 10 aromatic carbocycles. The second-order valence-electron chi connectivity index (χ2n) is 17.2. The van der Waals surface area contributed by atoms with Crippen LogP contribution >= 0.6 is 58.4 Å². The zero-order valence-electron chi connectivity index (χ0n) is 36.8. The fraction of sp³-hybridized carbons (Fsp3) is 0. The Bertz CT molecular complexity index is 4050. The molecule has 0 spiro atoms. The largest absolute Gasteiger partial charge is 0.456 e. The zero-order chi connectivity index (χ0) is 45.9. The van der Waals surface area contributed by atoms with Gasteiger partial charge >= 0.3 is 0 Å². The monoisotopic (exact) mass is 990 g/mol. The van der Waals surface area contributed by atoms with Crippen molar-refractivity contribution in [1.29, 1.82) is 0 Å². The summed E-state index contributed by atoms with van der Waals surface area (Å²) in [5.74, 6) is 2.69. The van der Waals surface area contributed by atoms with Gasteiger partial charge in [-0.2, -0.15) is 0 Å². The lowest BCUT2D eigenvalue weighted by Gasteiger charge is -2.32. The first-order chi connectivity index (χ1) is 34.6. The fourth-order valence-corrected chi connectivity index (χ4v) is 15.5. The number of fused-ring (bicyclic) bond motifs is 12. The molecule has 0 saturated heterocycles. The number of hydrogen-bond donors (Lipinski definition) is 0. The highest BCUT2D eigenvalue weighted by molar-refractivity contribution is 8.05. The summed E-state index contributed by atoms with van der Waals surface area (Å²) in [4.78, 5) is 15.0. The molecule has 0 aliphatic carbocycles. The van der Waals surface area contributed by atoms with Crippen LogP contribution < -0.4 is 19.3 Å². The van der Waals surface area contributed by atoms with E-state index in [1.54, 1.807) is 0 Å². The second kappa shape index (κ2) is 16.2. The lowest BCUT2D eigenvalue weighted by atomic mass is 10.0. The molecule has 5 nitrogen and oxygen atoms in total. The molecule has 0 N–H and O–H groups in total. The van der Waals surface area contributed by atoms with Gasteiger partial charge in [0.2, 0.25) is 0 Å². The van der Waals surface area contributed by atoms with Crippen molar-refractivity contribution in [2.24, 2.45) is 0 Å². The molecule has 0 atom stereocenters. The maximum atomic E-state index is 6.62. The van der Waals surface area contributed by atoms with E-state index in [1.807, 2.05) is 101 Å². The fourth-order valence-electron chi connectivity index (χ4n) is 9.82. The molecule has 0 unspecified atom stereocenters. The lowest BCUT2D eigenvalue weighted by molar-refractivity contribution is 0.360. The number of rotatable bonds is 6. The molecule has 3 aliphatic heterocycles. The Morgan fingerprint density at radius 2 is 0.800 bits per heavy atom. The van der Waals surface area contributed by atoms with Crippen LogP contribution in [0.2, 0.25) is 0 Å². The Morgan fingerprint density at radius 3 is 1.50 bits per heavy atom. The molecule has 0 fully saturated rings. The van der Waals surface area contributed by atoms with Gasteiger partial charge in [-0.1, -0.05) is 120 Å². The number of furan rings is 1. The molecule has 0 radical (unpaired) electrons. The van der Waals surface area contributed by atoms with Crippen molar-refractivity contribution in [3.05, 3.63) is 206 Å². The SMILES string of the molecule is c1ccc2c(c1)Oc1ccc(N(c3ccc4c(c3)oc3ccccc34)c3cc(N(c4ccc5c(c4)Sc4ccccc4S5)c4ccc5c(c4)Sc4ccccc4S5)cc4sc5ccccc5c34)cc1O2. The minimum absolute atomic E-state index is 0.646. The quantitative estimate of drug-likeness (QED) is 0.162. The van der Waals surface area contributed by atoms with Gasteiger partial charge in [-0.05, 0) is 121 Å². The van der Waals surface area contributed by atoms with Crippen molar-refractivity contribution >= 4 is 135 Å². The highest BCUT2D eigenvalue weighted by Gasteiger charge is 2.28. The van der Waals surface area contributed by atoms with E-state index < -0.39 is 0 Å². The van der Waals surface area contributed by atoms with Gasteiger partial charge in [0.1, 0.15) is 11.2 Å². The highest BCUT2D eigenvalue weighted by atomic mass is 32.2. The first-order valence-electron chi connectivity index (χ1n) is 22.9. The van der Waals surface area contributed by atoms with E-state index in [2.05, 4.69) is 174 Å². The van der Waals surface area contributed by atoms with Crippen LogP contribution in [-0.2, 0) is 0 Å². The van der Waals surface area contributed by atoms with Crippen LogP contribution in [0.3, 0.4) is 0 Å². The van der Waals surface area contributed by atoms with Gasteiger partial charge in [0, 0.05) is 105 Å². The molecule has 332 valence electrons. The first-order valence-corrected chi connectivity index (χ1v) is 26.9. The van der Waals surface area contributed by atoms with Crippen LogP contribution in [0.25, 0.3) is 42.1 Å². The molecule has 10 heteroatoms. The smallest absolute Gasteiger partial charge is 0.172 e. The molecule has 0 bridgehead atoms. The van der Waals surface area contributed by atoms with Crippen LogP contribution in [0, 0.1) is 0 Å². The van der Waals surface area contributed by atoms with Crippen molar-refractivity contribution in [2.75, 3.05) is 9.80 Å². The summed E-state index contributed by atoms with van der Waals surface area (Å²) in [7, 11) is 0. The van der Waals surface area contributed by atoms with Crippen LogP contribution in [0.1, 0.15) is 0 Å². The van der Waals surface area contributed by atoms with E-state index in [0.717, 1.165) is 61.4 Å². The standard InChI is InChI=1S/C60H34N2O3S5/c1-3-13-44-40(11-1)41-25-21-35(30-48(41)63-44)62(36-22-26-47-49(31-36)65-46-15-5-4-14-45(46)64-47)43-29-39(34-59-60(43)42-12-2-6-16-50(42)66-59)61(37-23-27-55-57(32-37)69-53-19-9-7-17-51(53)67-55)38-24-28-56-58(33-38)70-54-20-10-8-18-52(54)68-56/h1-34H. The molecular weight excluding hydrogens is 957 g/mol. The average molecular weight is 991 g/mol. The van der Waals surface area contributed by atoms with E-state index in [4.69, 9.17) is 13.9 Å². The summed E-state index contributed by atoms with van der Waals surface area (Å²) >= 11 is 9.20. The summed E-state index contributed by atoms with van der Waals surface area (Å²) in [6.07, 6.45) is 0. The Balaban J connectivity index is 0.973. The molecule has 70 heavy (non-hydrogen) atoms. The Labute approximate surface area is 423 Å². The summed E-state index contributed by atoms with van der Waals surface area (Å²) < 4.78 is 22.1. The highest BCUT2D eigenvalue weighted by Crippen LogP contribution is 2.56. The summed E-state index contributed by atoms with van der Waals surface area (Å²) in [6.45, 7) is 0. The van der Waals surface area contributed by atoms with Gasteiger partial charge in [0.15, 0.2) is 23.0 Å². The van der Waals surface area contributed by atoms with Crippen LogP contribution in [0.15, 0.2) is 250 Å². The number of benzene rings is 10. The van der Waals surface area contributed by atoms with Crippen LogP contribution in [-0.4, -0.2) is 0 Å². The van der Waals surface area contributed by atoms with Crippen molar-refractivity contribution in [1.82, 2.24) is 0 Å². The average Bonchev–Trinajstić information content (AvgIpc) is 3.97. The predicted molar refractivity (Wildman–Crippen MR) is 292 cm³/mol. The predicted octanol–water partition coefficient (Wildman–Crippen LogP) is 20.0. The van der Waals surface area contributed by atoms with E-state index in [1.165, 1.54) is 53.9 Å². The van der Waals surface area contributed by atoms with Crippen LogP contribution in [0.4, 0.5) is 34.1 Å². The Morgan fingerprint density at radius 1 is 0.300 bits per heavy atom. The van der Waals surface area contributed by atoms with E-state index in [0.29, 0.717) is 23.0 Å². The van der Waals surface area contributed by atoms with E-state index >= 15 is 0 Å². The number of thiophene rings is 1. The van der Waals surface area contributed by atoms with E-state index in [9.17, 15) is 0 Å². The summed E-state index contributed by atoms with van der Waals surface area (Å²) in [5, 5.41) is 4.52. The number of nitrogens with zero attached hydrogens (tertiary/aromatic N) is 2. The van der Waals surface area contributed by atoms with Gasteiger partial charge in [0.25, 0.3) is 0 Å².